The van der Waals surface area contributed by atoms with E-state index in [4.69, 9.17) is 11.6 Å². The number of carbonyl (C=O) groups excluding carboxylic acids is 1. The molecule has 1 N–H and O–H groups in total. The number of nitrogens with zero attached hydrogens (tertiary/aromatic N) is 2. The molecule has 0 spiro atoms. The number of aromatic nitrogens is 1. The Balaban J connectivity index is 1.61. The van der Waals surface area contributed by atoms with Gasteiger partial charge in [-0.2, -0.15) is 4.31 Å². The van der Waals surface area contributed by atoms with E-state index in [1.54, 1.807) is 12.1 Å². The molecule has 6 nitrogen and oxygen atoms in total. The van der Waals surface area contributed by atoms with Gasteiger partial charge in [-0.05, 0) is 67.8 Å². The zero-order valence-electron chi connectivity index (χ0n) is 16.5. The highest BCUT2D eigenvalue weighted by molar-refractivity contribution is 7.89. The number of rotatable bonds is 5. The molecule has 156 valence electrons. The second-order valence-corrected chi connectivity index (χ2v) is 9.62. The Morgan fingerprint density at radius 1 is 1.03 bits per heavy atom. The normalized spacial score (nSPS) is 14.7. The smallest absolute Gasteiger partial charge is 0.255 e. The molecule has 1 saturated heterocycles. The standard InChI is InChI=1S/C22H22ClN3O3S/c1-16-6-7-17(14-20(16)25-10-2-3-11-25)22(27)24-18-8-9-19(23)21(15-18)30(28,29)26-12-4-5-13-26/h2-3,6-11,14-15H,4-5,12-13H2,1H3,(H,24,27). The summed E-state index contributed by atoms with van der Waals surface area (Å²) in [6.07, 6.45) is 5.51. The van der Waals surface area contributed by atoms with E-state index in [1.165, 1.54) is 16.4 Å². The van der Waals surface area contributed by atoms with Crippen LogP contribution in [0.4, 0.5) is 5.69 Å². The van der Waals surface area contributed by atoms with E-state index >= 15 is 0 Å². The number of sulfonamides is 1. The van der Waals surface area contributed by atoms with Gasteiger partial charge in [0.15, 0.2) is 0 Å². The minimum absolute atomic E-state index is 0.0146. The summed E-state index contributed by atoms with van der Waals surface area (Å²) in [7, 11) is -3.69. The van der Waals surface area contributed by atoms with Gasteiger partial charge in [-0.25, -0.2) is 8.42 Å². The fourth-order valence-electron chi connectivity index (χ4n) is 3.57. The molecule has 30 heavy (non-hydrogen) atoms. The highest BCUT2D eigenvalue weighted by Gasteiger charge is 2.29. The van der Waals surface area contributed by atoms with E-state index in [-0.39, 0.29) is 15.8 Å². The number of hydrogen-bond donors (Lipinski definition) is 1. The van der Waals surface area contributed by atoms with Gasteiger partial charge >= 0.3 is 0 Å². The number of hydrogen-bond acceptors (Lipinski definition) is 3. The number of benzene rings is 2. The fourth-order valence-corrected chi connectivity index (χ4v) is 5.59. The number of amides is 1. The van der Waals surface area contributed by atoms with Crippen LogP contribution < -0.4 is 5.32 Å². The monoisotopic (exact) mass is 443 g/mol. The van der Waals surface area contributed by atoms with Crippen molar-refractivity contribution in [3.8, 4) is 5.69 Å². The zero-order valence-corrected chi connectivity index (χ0v) is 18.1. The van der Waals surface area contributed by atoms with E-state index in [9.17, 15) is 13.2 Å². The fraction of sp³-hybridized carbons (Fsp3) is 0.227. The van der Waals surface area contributed by atoms with Crippen molar-refractivity contribution in [1.29, 1.82) is 0 Å². The highest BCUT2D eigenvalue weighted by atomic mass is 35.5. The molecule has 8 heteroatoms. The van der Waals surface area contributed by atoms with Gasteiger partial charge in [0.05, 0.1) is 5.02 Å². The Hall–Kier alpha value is -2.61. The van der Waals surface area contributed by atoms with Crippen molar-refractivity contribution in [2.24, 2.45) is 0 Å². The van der Waals surface area contributed by atoms with Crippen molar-refractivity contribution in [2.75, 3.05) is 18.4 Å². The molecule has 1 amide bonds. The lowest BCUT2D eigenvalue weighted by atomic mass is 10.1. The Morgan fingerprint density at radius 2 is 1.73 bits per heavy atom. The Kier molecular flexibility index (Phi) is 5.69. The third-order valence-electron chi connectivity index (χ3n) is 5.23. The van der Waals surface area contributed by atoms with Gasteiger partial charge in [0.1, 0.15) is 4.90 Å². The number of carbonyl (C=O) groups is 1. The summed E-state index contributed by atoms with van der Waals surface area (Å²) in [6.45, 7) is 2.95. The summed E-state index contributed by atoms with van der Waals surface area (Å²) < 4.78 is 29.2. The van der Waals surface area contributed by atoms with Crippen LogP contribution in [0.25, 0.3) is 5.69 Å². The molecular formula is C22H22ClN3O3S. The van der Waals surface area contributed by atoms with E-state index in [1.807, 2.05) is 48.1 Å². The van der Waals surface area contributed by atoms with Crippen molar-refractivity contribution < 1.29 is 13.2 Å². The Bertz CT molecular complexity index is 1180. The van der Waals surface area contributed by atoms with Crippen LogP contribution in [0.15, 0.2) is 65.8 Å². The molecule has 0 saturated carbocycles. The summed E-state index contributed by atoms with van der Waals surface area (Å²) in [5.41, 5.74) is 2.79. The maximum atomic E-state index is 12.9. The number of halogens is 1. The van der Waals surface area contributed by atoms with Gasteiger partial charge in [-0.15, -0.1) is 0 Å². The summed E-state index contributed by atoms with van der Waals surface area (Å²) in [5.74, 6) is -0.324. The minimum Gasteiger partial charge on any atom is -0.324 e. The van der Waals surface area contributed by atoms with Gasteiger partial charge in [0, 0.05) is 42.4 Å². The van der Waals surface area contributed by atoms with Crippen molar-refractivity contribution in [2.45, 2.75) is 24.7 Å². The van der Waals surface area contributed by atoms with E-state index in [0.717, 1.165) is 24.1 Å². The summed E-state index contributed by atoms with van der Waals surface area (Å²) in [4.78, 5) is 12.9. The average molecular weight is 444 g/mol. The van der Waals surface area contributed by atoms with Crippen LogP contribution in [0.1, 0.15) is 28.8 Å². The van der Waals surface area contributed by atoms with Crippen molar-refractivity contribution in [3.05, 3.63) is 77.1 Å². The van der Waals surface area contributed by atoms with E-state index in [2.05, 4.69) is 5.32 Å². The summed E-state index contributed by atoms with van der Waals surface area (Å²) in [6, 6.07) is 13.8. The largest absolute Gasteiger partial charge is 0.324 e. The van der Waals surface area contributed by atoms with Gasteiger partial charge in [0.2, 0.25) is 10.0 Å². The first-order valence-corrected chi connectivity index (χ1v) is 11.5. The molecule has 0 bridgehead atoms. The second-order valence-electron chi connectivity index (χ2n) is 7.30. The molecule has 0 radical (unpaired) electrons. The predicted molar refractivity (Wildman–Crippen MR) is 118 cm³/mol. The average Bonchev–Trinajstić information content (AvgIpc) is 3.44. The molecule has 2 heterocycles. The summed E-state index contributed by atoms with van der Waals surface area (Å²) >= 11 is 6.19. The minimum atomic E-state index is -3.69. The highest BCUT2D eigenvalue weighted by Crippen LogP contribution is 2.30. The van der Waals surface area contributed by atoms with Crippen molar-refractivity contribution >= 4 is 33.2 Å². The Morgan fingerprint density at radius 3 is 2.43 bits per heavy atom. The first kappa shape index (κ1) is 20.7. The van der Waals surface area contributed by atoms with E-state index < -0.39 is 10.0 Å². The molecule has 2 aromatic carbocycles. The summed E-state index contributed by atoms with van der Waals surface area (Å²) in [5, 5.41) is 2.93. The first-order chi connectivity index (χ1) is 14.4. The molecule has 0 aliphatic carbocycles. The maximum absolute atomic E-state index is 12.9. The number of anilines is 1. The molecule has 0 unspecified atom stereocenters. The Labute approximate surface area is 181 Å². The van der Waals surface area contributed by atoms with Crippen molar-refractivity contribution in [1.82, 2.24) is 8.87 Å². The molecule has 4 rings (SSSR count). The van der Waals surface area contributed by atoms with Gasteiger partial charge < -0.3 is 9.88 Å². The first-order valence-electron chi connectivity index (χ1n) is 9.71. The van der Waals surface area contributed by atoms with Crippen LogP contribution in [0, 0.1) is 6.92 Å². The van der Waals surface area contributed by atoms with Gasteiger partial charge in [-0.1, -0.05) is 17.7 Å². The lowest BCUT2D eigenvalue weighted by molar-refractivity contribution is 0.102. The number of aryl methyl sites for hydroxylation is 1. The van der Waals surface area contributed by atoms with Crippen LogP contribution in [-0.2, 0) is 10.0 Å². The van der Waals surface area contributed by atoms with Crippen LogP contribution in [0.3, 0.4) is 0 Å². The SMILES string of the molecule is Cc1ccc(C(=O)Nc2ccc(Cl)c(S(=O)(=O)N3CCCC3)c2)cc1-n1cccc1. The molecule has 1 aromatic heterocycles. The second kappa shape index (κ2) is 8.26. The van der Waals surface area contributed by atoms with Crippen molar-refractivity contribution in [3.63, 3.8) is 0 Å². The molecular weight excluding hydrogens is 422 g/mol. The van der Waals surface area contributed by atoms with Gasteiger partial charge in [-0.3, -0.25) is 4.79 Å². The van der Waals surface area contributed by atoms with Crippen LogP contribution in [0.5, 0.6) is 0 Å². The van der Waals surface area contributed by atoms with Gasteiger partial charge in [0.25, 0.3) is 5.91 Å². The number of nitrogens with one attached hydrogen (secondary N) is 1. The molecule has 1 aliphatic rings. The van der Waals surface area contributed by atoms with Crippen LogP contribution in [0.2, 0.25) is 5.02 Å². The zero-order chi connectivity index (χ0) is 21.3. The lowest BCUT2D eigenvalue weighted by Gasteiger charge is -2.17. The molecule has 0 atom stereocenters. The quantitative estimate of drug-likeness (QED) is 0.632. The third-order valence-corrected chi connectivity index (χ3v) is 7.61. The van der Waals surface area contributed by atoms with Crippen LogP contribution >= 0.6 is 11.6 Å². The van der Waals surface area contributed by atoms with E-state index in [0.29, 0.717) is 24.3 Å². The maximum Gasteiger partial charge on any atom is 0.255 e. The topological polar surface area (TPSA) is 71.4 Å². The molecule has 3 aromatic rings. The van der Waals surface area contributed by atoms with Crippen LogP contribution in [-0.4, -0.2) is 36.3 Å². The predicted octanol–water partition coefficient (Wildman–Crippen LogP) is 4.48. The molecule has 1 aliphatic heterocycles. The third kappa shape index (κ3) is 4.01. The molecule has 1 fully saturated rings. The lowest BCUT2D eigenvalue weighted by Crippen LogP contribution is -2.28.